The molecule has 0 bridgehead atoms. The summed E-state index contributed by atoms with van der Waals surface area (Å²) in [4.78, 5) is 22.6. The van der Waals surface area contributed by atoms with Crippen molar-refractivity contribution < 1.29 is 14.3 Å². The Bertz CT molecular complexity index is 1210. The molecular weight excluding hydrogens is 376 g/mol. The molecular formula is C20H14N4O3S. The summed E-state index contributed by atoms with van der Waals surface area (Å²) in [5.74, 6) is 0.975. The minimum atomic E-state index is -0.287. The number of nitrogens with one attached hydrogen (secondary N) is 1. The SMILES string of the molecule is Nc1c(C(=O)Nc2ccc3c(c2)OCO3)sc2nc(-c3ccncc3)ccc12. The quantitative estimate of drug-likeness (QED) is 0.550. The number of nitrogens with two attached hydrogens (primary N) is 1. The second-order valence-electron chi connectivity index (χ2n) is 6.15. The first-order chi connectivity index (χ1) is 13.7. The summed E-state index contributed by atoms with van der Waals surface area (Å²) in [6.45, 7) is 0.182. The van der Waals surface area contributed by atoms with E-state index < -0.39 is 0 Å². The fourth-order valence-corrected chi connectivity index (χ4v) is 4.00. The Morgan fingerprint density at radius 1 is 1.07 bits per heavy atom. The van der Waals surface area contributed by atoms with E-state index in [9.17, 15) is 4.79 Å². The lowest BCUT2D eigenvalue weighted by Gasteiger charge is -2.05. The van der Waals surface area contributed by atoms with Gasteiger partial charge in [0.05, 0.1) is 11.4 Å². The summed E-state index contributed by atoms with van der Waals surface area (Å²) in [7, 11) is 0. The second kappa shape index (κ2) is 6.50. The smallest absolute Gasteiger partial charge is 0.267 e. The zero-order chi connectivity index (χ0) is 19.1. The van der Waals surface area contributed by atoms with Crippen LogP contribution >= 0.6 is 11.3 Å². The summed E-state index contributed by atoms with van der Waals surface area (Å²) in [6, 6.07) is 12.8. The first kappa shape index (κ1) is 16.5. The number of carbonyl (C=O) groups excluding carboxylic acids is 1. The van der Waals surface area contributed by atoms with Crippen molar-refractivity contribution in [3.8, 4) is 22.8 Å². The van der Waals surface area contributed by atoms with E-state index in [0.29, 0.717) is 32.6 Å². The Morgan fingerprint density at radius 2 is 1.89 bits per heavy atom. The number of carbonyl (C=O) groups is 1. The molecule has 5 rings (SSSR count). The summed E-state index contributed by atoms with van der Waals surface area (Å²) in [6.07, 6.45) is 3.43. The Balaban J connectivity index is 1.46. The minimum absolute atomic E-state index is 0.182. The molecule has 4 aromatic rings. The average Bonchev–Trinajstić information content (AvgIpc) is 3.32. The molecule has 4 heterocycles. The van der Waals surface area contributed by atoms with Crippen LogP contribution in [0, 0.1) is 0 Å². The van der Waals surface area contributed by atoms with Gasteiger partial charge in [-0.15, -0.1) is 11.3 Å². The van der Waals surface area contributed by atoms with Gasteiger partial charge in [-0.2, -0.15) is 0 Å². The van der Waals surface area contributed by atoms with Gasteiger partial charge in [0.1, 0.15) is 9.71 Å². The molecule has 138 valence electrons. The van der Waals surface area contributed by atoms with Crippen LogP contribution in [0.1, 0.15) is 9.67 Å². The van der Waals surface area contributed by atoms with Crippen LogP contribution in [-0.4, -0.2) is 22.7 Å². The van der Waals surface area contributed by atoms with Gasteiger partial charge in [0.15, 0.2) is 11.5 Å². The van der Waals surface area contributed by atoms with Gasteiger partial charge in [-0.3, -0.25) is 9.78 Å². The number of rotatable bonds is 3. The number of hydrogen-bond acceptors (Lipinski definition) is 7. The molecule has 28 heavy (non-hydrogen) atoms. The van der Waals surface area contributed by atoms with E-state index in [1.165, 1.54) is 11.3 Å². The average molecular weight is 390 g/mol. The summed E-state index contributed by atoms with van der Waals surface area (Å²) in [5, 5.41) is 3.62. The topological polar surface area (TPSA) is 99.4 Å². The van der Waals surface area contributed by atoms with Crippen molar-refractivity contribution >= 4 is 38.8 Å². The third-order valence-electron chi connectivity index (χ3n) is 4.41. The highest BCUT2D eigenvalue weighted by Crippen LogP contribution is 2.36. The van der Waals surface area contributed by atoms with Gasteiger partial charge in [-0.1, -0.05) is 0 Å². The second-order valence-corrected chi connectivity index (χ2v) is 7.15. The molecule has 1 aromatic carbocycles. The van der Waals surface area contributed by atoms with Crippen molar-refractivity contribution in [1.29, 1.82) is 0 Å². The molecule has 3 aromatic heterocycles. The Labute approximate surface area is 163 Å². The third kappa shape index (κ3) is 2.80. The number of nitrogens with zero attached hydrogens (tertiary/aromatic N) is 2. The maximum atomic E-state index is 12.8. The summed E-state index contributed by atoms with van der Waals surface area (Å²) in [5.41, 5.74) is 9.02. The molecule has 0 fully saturated rings. The summed E-state index contributed by atoms with van der Waals surface area (Å²) < 4.78 is 10.6. The monoisotopic (exact) mass is 390 g/mol. The van der Waals surface area contributed by atoms with E-state index in [1.807, 2.05) is 24.3 Å². The fraction of sp³-hybridized carbons (Fsp3) is 0.0500. The lowest BCUT2D eigenvalue weighted by molar-refractivity contribution is 0.103. The van der Waals surface area contributed by atoms with Crippen LogP contribution < -0.4 is 20.5 Å². The van der Waals surface area contributed by atoms with E-state index in [4.69, 9.17) is 15.2 Å². The number of aromatic nitrogens is 2. The molecule has 0 radical (unpaired) electrons. The van der Waals surface area contributed by atoms with E-state index >= 15 is 0 Å². The van der Waals surface area contributed by atoms with Crippen molar-refractivity contribution in [1.82, 2.24) is 9.97 Å². The van der Waals surface area contributed by atoms with Crippen LogP contribution in [0.5, 0.6) is 11.5 Å². The van der Waals surface area contributed by atoms with Crippen molar-refractivity contribution in [2.75, 3.05) is 17.8 Å². The Kier molecular flexibility index (Phi) is 3.84. The zero-order valence-corrected chi connectivity index (χ0v) is 15.3. The molecule has 1 aliphatic heterocycles. The standard InChI is InChI=1S/C20H14N4O3S/c21-17-13-2-3-14(11-5-7-22-8-6-11)24-20(13)28-18(17)19(25)23-12-1-4-15-16(9-12)27-10-26-15/h1-9H,10,21H2,(H,23,25). The lowest BCUT2D eigenvalue weighted by atomic mass is 10.1. The van der Waals surface area contributed by atoms with E-state index in [2.05, 4.69) is 15.3 Å². The van der Waals surface area contributed by atoms with Gasteiger partial charge in [-0.05, 0) is 36.4 Å². The third-order valence-corrected chi connectivity index (χ3v) is 5.52. The predicted molar refractivity (Wildman–Crippen MR) is 108 cm³/mol. The normalized spacial score (nSPS) is 12.3. The lowest BCUT2D eigenvalue weighted by Crippen LogP contribution is -2.11. The fourth-order valence-electron chi connectivity index (χ4n) is 3.01. The molecule has 0 aliphatic carbocycles. The van der Waals surface area contributed by atoms with Crippen LogP contribution in [0.25, 0.3) is 21.5 Å². The predicted octanol–water partition coefficient (Wildman–Crippen LogP) is 3.92. The molecule has 0 atom stereocenters. The summed E-state index contributed by atoms with van der Waals surface area (Å²) >= 11 is 1.27. The molecule has 1 amide bonds. The number of hydrogen-bond donors (Lipinski definition) is 2. The van der Waals surface area contributed by atoms with Crippen LogP contribution in [0.4, 0.5) is 11.4 Å². The molecule has 0 spiro atoms. The van der Waals surface area contributed by atoms with Gasteiger partial charge in [0, 0.05) is 35.1 Å². The molecule has 0 unspecified atom stereocenters. The van der Waals surface area contributed by atoms with Crippen molar-refractivity contribution in [2.45, 2.75) is 0 Å². The number of fused-ring (bicyclic) bond motifs is 2. The van der Waals surface area contributed by atoms with Crippen molar-refractivity contribution in [3.05, 3.63) is 59.7 Å². The Hall–Kier alpha value is -3.65. The Morgan fingerprint density at radius 3 is 2.75 bits per heavy atom. The number of benzene rings is 1. The number of amides is 1. The first-order valence-corrected chi connectivity index (χ1v) is 9.31. The van der Waals surface area contributed by atoms with E-state index in [0.717, 1.165) is 16.6 Å². The van der Waals surface area contributed by atoms with Crippen LogP contribution in [0.15, 0.2) is 54.9 Å². The van der Waals surface area contributed by atoms with Crippen molar-refractivity contribution in [3.63, 3.8) is 0 Å². The van der Waals surface area contributed by atoms with Crippen molar-refractivity contribution in [2.24, 2.45) is 0 Å². The van der Waals surface area contributed by atoms with Crippen LogP contribution in [0.2, 0.25) is 0 Å². The molecule has 1 aliphatic rings. The van der Waals surface area contributed by atoms with Gasteiger partial charge in [0.2, 0.25) is 6.79 Å². The highest BCUT2D eigenvalue weighted by atomic mass is 32.1. The molecule has 8 heteroatoms. The molecule has 3 N–H and O–H groups in total. The van der Waals surface area contributed by atoms with Gasteiger partial charge < -0.3 is 20.5 Å². The van der Waals surface area contributed by atoms with Gasteiger partial charge in [0.25, 0.3) is 5.91 Å². The zero-order valence-electron chi connectivity index (χ0n) is 14.5. The molecule has 0 saturated heterocycles. The highest BCUT2D eigenvalue weighted by Gasteiger charge is 2.19. The number of nitrogen functional groups attached to an aromatic ring is 1. The number of pyridine rings is 2. The van der Waals surface area contributed by atoms with E-state index in [-0.39, 0.29) is 12.7 Å². The maximum Gasteiger partial charge on any atom is 0.267 e. The number of anilines is 2. The number of thiophene rings is 1. The van der Waals surface area contributed by atoms with Crippen LogP contribution in [0.3, 0.4) is 0 Å². The van der Waals surface area contributed by atoms with Gasteiger partial charge in [-0.25, -0.2) is 4.98 Å². The molecule has 7 nitrogen and oxygen atoms in total. The van der Waals surface area contributed by atoms with Crippen LogP contribution in [-0.2, 0) is 0 Å². The molecule has 0 saturated carbocycles. The number of ether oxygens (including phenoxy) is 2. The van der Waals surface area contributed by atoms with Gasteiger partial charge >= 0.3 is 0 Å². The minimum Gasteiger partial charge on any atom is -0.454 e. The maximum absolute atomic E-state index is 12.8. The highest BCUT2D eigenvalue weighted by molar-refractivity contribution is 7.21. The largest absolute Gasteiger partial charge is 0.454 e. The van der Waals surface area contributed by atoms with E-state index in [1.54, 1.807) is 30.6 Å². The first-order valence-electron chi connectivity index (χ1n) is 8.49.